The molecule has 4 rings (SSSR count). The maximum atomic E-state index is 14.1. The number of hydrogen-bond donors (Lipinski definition) is 1. The third-order valence-electron chi connectivity index (χ3n) is 8.32. The zero-order valence-electron chi connectivity index (χ0n) is 26.1. The number of nitrogens with zero attached hydrogens (tertiary/aromatic N) is 2. The molecule has 8 nitrogen and oxygen atoms in total. The summed E-state index contributed by atoms with van der Waals surface area (Å²) in [7, 11) is -2.08. The Labute approximate surface area is 262 Å². The van der Waals surface area contributed by atoms with Crippen LogP contribution in [-0.4, -0.2) is 57.1 Å². The van der Waals surface area contributed by atoms with Gasteiger partial charge in [0.25, 0.3) is 0 Å². The molecule has 9 heteroatoms. The molecule has 1 unspecified atom stereocenters. The lowest BCUT2D eigenvalue weighted by Crippen LogP contribution is -2.53. The smallest absolute Gasteiger partial charge is 0.243 e. The molecule has 0 bridgehead atoms. The van der Waals surface area contributed by atoms with Crippen molar-refractivity contribution in [2.45, 2.75) is 76.9 Å². The number of ether oxygens (including phenoxy) is 1. The lowest BCUT2D eigenvalue weighted by atomic mass is 9.94. The molecule has 1 aliphatic carbocycles. The number of carbonyl (C=O) groups is 2. The fourth-order valence-corrected chi connectivity index (χ4v) is 6.80. The second-order valence-electron chi connectivity index (χ2n) is 11.6. The van der Waals surface area contributed by atoms with Crippen LogP contribution in [0.15, 0.2) is 78.9 Å². The Morgan fingerprint density at radius 2 is 1.66 bits per heavy atom. The van der Waals surface area contributed by atoms with Gasteiger partial charge in [-0.2, -0.15) is 0 Å². The highest BCUT2D eigenvalue weighted by Crippen LogP contribution is 2.25. The van der Waals surface area contributed by atoms with Crippen LogP contribution in [0.25, 0.3) is 0 Å². The largest absolute Gasteiger partial charge is 0.497 e. The summed E-state index contributed by atoms with van der Waals surface area (Å²) >= 11 is 0. The first-order valence-electron chi connectivity index (χ1n) is 15.5. The number of benzene rings is 3. The predicted octanol–water partition coefficient (Wildman–Crippen LogP) is 5.64. The van der Waals surface area contributed by atoms with Crippen molar-refractivity contribution in [2.24, 2.45) is 0 Å². The van der Waals surface area contributed by atoms with Crippen LogP contribution in [0.1, 0.15) is 61.6 Å². The first kappa shape index (κ1) is 33.1. The van der Waals surface area contributed by atoms with E-state index in [0.717, 1.165) is 48.6 Å². The van der Waals surface area contributed by atoms with Crippen molar-refractivity contribution < 1.29 is 22.7 Å². The van der Waals surface area contributed by atoms with E-state index in [1.165, 1.54) is 17.8 Å². The number of rotatable bonds is 14. The van der Waals surface area contributed by atoms with Crippen molar-refractivity contribution in [1.82, 2.24) is 10.2 Å². The van der Waals surface area contributed by atoms with E-state index in [1.54, 1.807) is 29.2 Å². The lowest BCUT2D eigenvalue weighted by Gasteiger charge is -2.34. The fraction of sp³-hybridized carbons (Fsp3) is 0.429. The summed E-state index contributed by atoms with van der Waals surface area (Å²) in [6, 6.07) is 23.9. The van der Waals surface area contributed by atoms with E-state index in [-0.39, 0.29) is 43.8 Å². The number of sulfonamides is 1. The molecule has 1 N–H and O–H groups in total. The Morgan fingerprint density at radius 3 is 2.34 bits per heavy atom. The Balaban J connectivity index is 1.59. The molecule has 0 heterocycles. The third kappa shape index (κ3) is 9.32. The average Bonchev–Trinajstić information content (AvgIpc) is 3.02. The summed E-state index contributed by atoms with van der Waals surface area (Å²) in [6.07, 6.45) is 7.16. The first-order valence-corrected chi connectivity index (χ1v) is 17.3. The normalized spacial score (nSPS) is 14.4. The van der Waals surface area contributed by atoms with Crippen molar-refractivity contribution in [2.75, 3.05) is 24.2 Å². The Bertz CT molecular complexity index is 1490. The van der Waals surface area contributed by atoms with Gasteiger partial charge < -0.3 is 15.0 Å². The molecule has 2 amide bonds. The Morgan fingerprint density at radius 1 is 0.955 bits per heavy atom. The molecule has 1 atom stereocenters. The molecule has 1 aliphatic rings. The van der Waals surface area contributed by atoms with E-state index in [0.29, 0.717) is 17.9 Å². The third-order valence-corrected chi connectivity index (χ3v) is 9.51. The summed E-state index contributed by atoms with van der Waals surface area (Å²) in [6.45, 7) is 2.41. The van der Waals surface area contributed by atoms with Gasteiger partial charge in [-0.1, -0.05) is 79.9 Å². The highest BCUT2D eigenvalue weighted by molar-refractivity contribution is 7.92. The highest BCUT2D eigenvalue weighted by Gasteiger charge is 2.32. The quantitative estimate of drug-likeness (QED) is 0.252. The SMILES string of the molecule is COc1cccc(N(CCCC(=O)N(Cc2ccccc2C)C(Cc2ccccc2)C(=O)NC2CCCCC2)S(C)(=O)=O)c1. The summed E-state index contributed by atoms with van der Waals surface area (Å²) in [4.78, 5) is 29.8. The van der Waals surface area contributed by atoms with Gasteiger partial charge in [0.2, 0.25) is 21.8 Å². The van der Waals surface area contributed by atoms with Gasteiger partial charge in [0, 0.05) is 38.0 Å². The topological polar surface area (TPSA) is 96.0 Å². The zero-order valence-corrected chi connectivity index (χ0v) is 26.9. The van der Waals surface area contributed by atoms with Crippen LogP contribution in [0.4, 0.5) is 5.69 Å². The molecule has 0 saturated heterocycles. The summed E-state index contributed by atoms with van der Waals surface area (Å²) in [5.41, 5.74) is 3.46. The van der Waals surface area contributed by atoms with Crippen LogP contribution in [0.2, 0.25) is 0 Å². The number of anilines is 1. The van der Waals surface area contributed by atoms with E-state index in [9.17, 15) is 18.0 Å². The van der Waals surface area contributed by atoms with Crippen molar-refractivity contribution in [3.05, 3.63) is 95.6 Å². The number of carbonyl (C=O) groups excluding carboxylic acids is 2. The minimum absolute atomic E-state index is 0.0872. The molecule has 44 heavy (non-hydrogen) atoms. The molecule has 0 spiro atoms. The number of hydrogen-bond acceptors (Lipinski definition) is 5. The predicted molar refractivity (Wildman–Crippen MR) is 175 cm³/mol. The van der Waals surface area contributed by atoms with Crippen LogP contribution in [0, 0.1) is 6.92 Å². The van der Waals surface area contributed by atoms with E-state index in [1.807, 2.05) is 61.5 Å². The minimum atomic E-state index is -3.61. The van der Waals surface area contributed by atoms with Gasteiger partial charge in [0.15, 0.2) is 0 Å². The average molecular weight is 620 g/mol. The second-order valence-corrected chi connectivity index (χ2v) is 13.5. The molecule has 3 aromatic carbocycles. The molecule has 3 aromatic rings. The number of aryl methyl sites for hydroxylation is 1. The van der Waals surface area contributed by atoms with Crippen molar-refractivity contribution >= 4 is 27.5 Å². The Kier molecular flexibility index (Phi) is 11.8. The van der Waals surface area contributed by atoms with Gasteiger partial charge in [0.05, 0.1) is 19.1 Å². The maximum Gasteiger partial charge on any atom is 0.243 e. The van der Waals surface area contributed by atoms with E-state index >= 15 is 0 Å². The second kappa shape index (κ2) is 15.7. The van der Waals surface area contributed by atoms with Crippen LogP contribution in [0.3, 0.4) is 0 Å². The lowest BCUT2D eigenvalue weighted by molar-refractivity contribution is -0.141. The van der Waals surface area contributed by atoms with Crippen LogP contribution < -0.4 is 14.4 Å². The number of methoxy groups -OCH3 is 1. The van der Waals surface area contributed by atoms with Gasteiger partial charge in [-0.3, -0.25) is 13.9 Å². The summed E-state index contributed by atoms with van der Waals surface area (Å²) in [5.74, 6) is 0.216. The first-order chi connectivity index (χ1) is 21.2. The zero-order chi connectivity index (χ0) is 31.5. The monoisotopic (exact) mass is 619 g/mol. The molecule has 0 radical (unpaired) electrons. The molecule has 0 aromatic heterocycles. The van der Waals surface area contributed by atoms with Crippen LogP contribution in [0.5, 0.6) is 5.75 Å². The molecule has 236 valence electrons. The van der Waals surface area contributed by atoms with Gasteiger partial charge in [-0.15, -0.1) is 0 Å². The van der Waals surface area contributed by atoms with Gasteiger partial charge in [-0.25, -0.2) is 8.42 Å². The van der Waals surface area contributed by atoms with Crippen LogP contribution in [-0.2, 0) is 32.6 Å². The molecular weight excluding hydrogens is 574 g/mol. The highest BCUT2D eigenvalue weighted by atomic mass is 32.2. The van der Waals surface area contributed by atoms with Crippen molar-refractivity contribution in [1.29, 1.82) is 0 Å². The number of amides is 2. The van der Waals surface area contributed by atoms with Gasteiger partial charge in [0.1, 0.15) is 11.8 Å². The fourth-order valence-electron chi connectivity index (χ4n) is 5.84. The minimum Gasteiger partial charge on any atom is -0.497 e. The van der Waals surface area contributed by atoms with Gasteiger partial charge >= 0.3 is 0 Å². The molecule has 1 fully saturated rings. The molecular formula is C35H45N3O5S. The van der Waals surface area contributed by atoms with Gasteiger partial charge in [-0.05, 0) is 55.0 Å². The van der Waals surface area contributed by atoms with Crippen molar-refractivity contribution in [3.63, 3.8) is 0 Å². The standard InChI is InChI=1S/C35H45N3O5S/c1-27-14-10-11-17-29(27)26-37(33(24-28-15-6-4-7-16-28)35(40)36-30-18-8-5-9-19-30)34(39)22-13-23-38(44(3,41)42)31-20-12-21-32(25-31)43-2/h4,6-7,10-12,14-17,20-21,25,30,33H,5,8-9,13,18-19,22-24,26H2,1-3H3,(H,36,40). The summed E-state index contributed by atoms with van der Waals surface area (Å²) < 4.78 is 32.1. The Hall–Kier alpha value is -3.85. The molecule has 0 aliphatic heterocycles. The summed E-state index contributed by atoms with van der Waals surface area (Å²) in [5, 5.41) is 3.27. The number of nitrogens with one attached hydrogen (secondary N) is 1. The maximum absolute atomic E-state index is 14.1. The van der Waals surface area contributed by atoms with Crippen LogP contribution >= 0.6 is 0 Å². The van der Waals surface area contributed by atoms with Crippen molar-refractivity contribution in [3.8, 4) is 5.75 Å². The molecule has 1 saturated carbocycles. The van der Waals surface area contributed by atoms with E-state index in [2.05, 4.69) is 5.32 Å². The van der Waals surface area contributed by atoms with E-state index in [4.69, 9.17) is 4.74 Å². The van der Waals surface area contributed by atoms with E-state index < -0.39 is 16.1 Å².